The zero-order chi connectivity index (χ0) is 27.3. The Morgan fingerprint density at radius 2 is 1.61 bits per heavy atom. The van der Waals surface area contributed by atoms with Crippen LogP contribution in [0.4, 0.5) is 21.9 Å². The molecule has 8 heteroatoms. The number of nitrogens with zero attached hydrogens (tertiary/aromatic N) is 1. The number of urea groups is 1. The molecule has 0 aromatic heterocycles. The Bertz CT molecular complexity index is 1300. The lowest BCUT2D eigenvalue weighted by molar-refractivity contribution is 0.0697. The average Bonchev–Trinajstić information content (AvgIpc) is 2.89. The van der Waals surface area contributed by atoms with Gasteiger partial charge in [-0.3, -0.25) is 4.79 Å². The zero-order valence-electron chi connectivity index (χ0n) is 22.0. The molecule has 1 aliphatic heterocycles. The van der Waals surface area contributed by atoms with Gasteiger partial charge in [0.05, 0.1) is 11.3 Å². The van der Waals surface area contributed by atoms with E-state index in [4.69, 9.17) is 0 Å². The smallest absolute Gasteiger partial charge is 0.337 e. The maximum Gasteiger partial charge on any atom is 0.337 e. The summed E-state index contributed by atoms with van der Waals surface area (Å²) in [5.74, 6) is -1.35. The first-order valence-corrected chi connectivity index (χ1v) is 12.8. The van der Waals surface area contributed by atoms with Crippen molar-refractivity contribution in [3.63, 3.8) is 0 Å². The number of hydrogen-bond donors (Lipinski definition) is 4. The first kappa shape index (κ1) is 26.7. The highest BCUT2D eigenvalue weighted by atomic mass is 16.4. The number of rotatable bonds is 6. The van der Waals surface area contributed by atoms with Gasteiger partial charge < -0.3 is 26.0 Å². The number of anilines is 3. The van der Waals surface area contributed by atoms with Crippen LogP contribution in [0, 0.1) is 0 Å². The molecule has 0 saturated carbocycles. The number of amides is 3. The molecular weight excluding hydrogens is 480 g/mol. The monoisotopic (exact) mass is 514 g/mol. The van der Waals surface area contributed by atoms with Gasteiger partial charge in [-0.25, -0.2) is 9.59 Å². The molecule has 3 amide bonds. The van der Waals surface area contributed by atoms with Crippen LogP contribution in [0.3, 0.4) is 0 Å². The lowest BCUT2D eigenvalue weighted by Crippen LogP contribution is -2.47. The predicted molar refractivity (Wildman–Crippen MR) is 150 cm³/mol. The molecule has 1 aliphatic rings. The van der Waals surface area contributed by atoms with Crippen LogP contribution >= 0.6 is 0 Å². The fourth-order valence-electron chi connectivity index (χ4n) is 4.48. The molecule has 0 aliphatic carbocycles. The van der Waals surface area contributed by atoms with Gasteiger partial charge in [0.1, 0.15) is 0 Å². The Hall–Kier alpha value is -4.33. The summed E-state index contributed by atoms with van der Waals surface area (Å²) in [5.41, 5.74) is 3.33. The average molecular weight is 515 g/mol. The molecule has 1 unspecified atom stereocenters. The van der Waals surface area contributed by atoms with Crippen LogP contribution in [0.15, 0.2) is 72.8 Å². The van der Waals surface area contributed by atoms with Crippen molar-refractivity contribution >= 4 is 35.0 Å². The fraction of sp³-hybridized carbons (Fsp3) is 0.300. The van der Waals surface area contributed by atoms with Crippen molar-refractivity contribution in [1.82, 2.24) is 4.90 Å². The largest absolute Gasteiger partial charge is 0.478 e. The van der Waals surface area contributed by atoms with E-state index >= 15 is 0 Å². The number of carboxylic acids is 1. The van der Waals surface area contributed by atoms with Crippen LogP contribution in [-0.2, 0) is 5.41 Å². The highest BCUT2D eigenvalue weighted by Gasteiger charge is 2.25. The molecule has 8 nitrogen and oxygen atoms in total. The third-order valence-electron chi connectivity index (χ3n) is 6.61. The Morgan fingerprint density at radius 3 is 2.26 bits per heavy atom. The van der Waals surface area contributed by atoms with Crippen molar-refractivity contribution in [3.05, 3.63) is 89.5 Å². The van der Waals surface area contributed by atoms with Gasteiger partial charge in [-0.05, 0) is 66.3 Å². The molecule has 3 aromatic carbocycles. The molecule has 4 rings (SSSR count). The van der Waals surface area contributed by atoms with E-state index in [1.54, 1.807) is 29.2 Å². The van der Waals surface area contributed by atoms with Gasteiger partial charge in [-0.2, -0.15) is 0 Å². The van der Waals surface area contributed by atoms with Crippen molar-refractivity contribution in [2.24, 2.45) is 0 Å². The normalized spacial score (nSPS) is 15.4. The van der Waals surface area contributed by atoms with E-state index in [1.807, 2.05) is 42.5 Å². The minimum absolute atomic E-state index is 0.0147. The first-order valence-electron chi connectivity index (χ1n) is 12.8. The van der Waals surface area contributed by atoms with E-state index in [-0.39, 0.29) is 29.0 Å². The van der Waals surface area contributed by atoms with Gasteiger partial charge in [0.15, 0.2) is 0 Å². The molecule has 0 bridgehead atoms. The van der Waals surface area contributed by atoms with E-state index < -0.39 is 5.97 Å². The van der Waals surface area contributed by atoms with Crippen LogP contribution in [0.25, 0.3) is 0 Å². The lowest BCUT2D eigenvalue weighted by atomic mass is 9.87. The minimum Gasteiger partial charge on any atom is -0.478 e. The molecule has 1 fully saturated rings. The van der Waals surface area contributed by atoms with Crippen molar-refractivity contribution in [1.29, 1.82) is 0 Å². The zero-order valence-corrected chi connectivity index (χ0v) is 22.0. The van der Waals surface area contributed by atoms with Gasteiger partial charge in [0.25, 0.3) is 5.91 Å². The maximum absolute atomic E-state index is 12.9. The Morgan fingerprint density at radius 1 is 0.895 bits per heavy atom. The van der Waals surface area contributed by atoms with Gasteiger partial charge in [0, 0.05) is 36.1 Å². The van der Waals surface area contributed by atoms with Gasteiger partial charge in [-0.1, -0.05) is 51.1 Å². The van der Waals surface area contributed by atoms with Crippen LogP contribution in [0.2, 0.25) is 0 Å². The molecule has 198 valence electrons. The summed E-state index contributed by atoms with van der Waals surface area (Å²) in [6, 6.07) is 21.1. The number of hydrogen-bond acceptors (Lipinski definition) is 4. The van der Waals surface area contributed by atoms with Gasteiger partial charge >= 0.3 is 12.0 Å². The van der Waals surface area contributed by atoms with Crippen LogP contribution in [-0.4, -0.2) is 47.0 Å². The summed E-state index contributed by atoms with van der Waals surface area (Å²) in [5, 5.41) is 18.8. The molecule has 1 heterocycles. The lowest BCUT2D eigenvalue weighted by Gasteiger charge is -2.34. The molecule has 3 aromatic rings. The van der Waals surface area contributed by atoms with Gasteiger partial charge in [-0.15, -0.1) is 0 Å². The number of piperidine rings is 1. The summed E-state index contributed by atoms with van der Waals surface area (Å²) in [6.07, 6.45) is 1.56. The Labute approximate surface area is 223 Å². The van der Waals surface area contributed by atoms with Crippen molar-refractivity contribution in [2.75, 3.05) is 29.0 Å². The maximum atomic E-state index is 12.9. The molecule has 4 N–H and O–H groups in total. The Kier molecular flexibility index (Phi) is 8.00. The predicted octanol–water partition coefficient (Wildman–Crippen LogP) is 6.04. The second kappa shape index (κ2) is 11.4. The quantitative estimate of drug-likeness (QED) is 0.320. The standard InChI is InChI=1S/C30H34N4O4/c1-30(2,3)21-13-11-20(12-14-21)27(35)32-23-15-16-25(28(36)37)26(18-23)31-24-10-7-17-34(19-24)29(38)33-22-8-5-4-6-9-22/h4-6,8-9,11-16,18,24,31H,7,10,17,19H2,1-3H3,(H,32,35)(H,33,38)(H,36,37). The molecule has 0 radical (unpaired) electrons. The SMILES string of the molecule is CC(C)(C)c1ccc(C(=O)Nc2ccc(C(=O)O)c(NC3CCCN(C(=O)Nc4ccccc4)C3)c2)cc1. The summed E-state index contributed by atoms with van der Waals surface area (Å²) >= 11 is 0. The summed E-state index contributed by atoms with van der Waals surface area (Å²) in [6.45, 7) is 7.38. The van der Waals surface area contributed by atoms with Crippen molar-refractivity contribution in [2.45, 2.75) is 45.1 Å². The molecule has 1 atom stereocenters. The summed E-state index contributed by atoms with van der Waals surface area (Å²) < 4.78 is 0. The first-order chi connectivity index (χ1) is 18.1. The topological polar surface area (TPSA) is 111 Å². The number of para-hydroxylation sites is 1. The summed E-state index contributed by atoms with van der Waals surface area (Å²) in [4.78, 5) is 39.3. The number of aromatic carboxylic acids is 1. The molecular formula is C30H34N4O4. The van der Waals surface area contributed by atoms with E-state index in [1.165, 1.54) is 6.07 Å². The number of carbonyl (C=O) groups excluding carboxylic acids is 2. The summed E-state index contributed by atoms with van der Waals surface area (Å²) in [7, 11) is 0. The van der Waals surface area contributed by atoms with Crippen LogP contribution < -0.4 is 16.0 Å². The highest BCUT2D eigenvalue weighted by Crippen LogP contribution is 2.26. The van der Waals surface area contributed by atoms with E-state index in [9.17, 15) is 19.5 Å². The van der Waals surface area contributed by atoms with Crippen LogP contribution in [0.1, 0.15) is 59.9 Å². The highest BCUT2D eigenvalue weighted by molar-refractivity contribution is 6.05. The fourth-order valence-corrected chi connectivity index (χ4v) is 4.48. The number of benzene rings is 3. The minimum atomic E-state index is -1.07. The van der Waals surface area contributed by atoms with E-state index in [0.29, 0.717) is 30.0 Å². The van der Waals surface area contributed by atoms with Gasteiger partial charge in [0.2, 0.25) is 0 Å². The van der Waals surface area contributed by atoms with Crippen molar-refractivity contribution in [3.8, 4) is 0 Å². The number of carboxylic acid groups (broad SMARTS) is 1. The van der Waals surface area contributed by atoms with Crippen molar-refractivity contribution < 1.29 is 19.5 Å². The van der Waals surface area contributed by atoms with Crippen LogP contribution in [0.5, 0.6) is 0 Å². The van der Waals surface area contributed by atoms with E-state index in [0.717, 1.165) is 24.1 Å². The second-order valence-corrected chi connectivity index (χ2v) is 10.6. The molecule has 1 saturated heterocycles. The number of carbonyl (C=O) groups is 3. The number of nitrogens with one attached hydrogen (secondary N) is 3. The molecule has 0 spiro atoms. The number of likely N-dealkylation sites (tertiary alicyclic amines) is 1. The Balaban J connectivity index is 1.45. The second-order valence-electron chi connectivity index (χ2n) is 10.6. The third kappa shape index (κ3) is 6.70. The third-order valence-corrected chi connectivity index (χ3v) is 6.61. The molecule has 38 heavy (non-hydrogen) atoms. The van der Waals surface area contributed by atoms with E-state index in [2.05, 4.69) is 36.7 Å².